The minimum Gasteiger partial charge on any atom is -0.351 e. The van der Waals surface area contributed by atoms with Crippen LogP contribution in [0.3, 0.4) is 0 Å². The SMILES string of the molecule is CC(=O)NCC(=O)NC1CC1(C)C. The van der Waals surface area contributed by atoms with E-state index in [2.05, 4.69) is 24.5 Å². The van der Waals surface area contributed by atoms with E-state index >= 15 is 0 Å². The Labute approximate surface area is 78.1 Å². The van der Waals surface area contributed by atoms with Gasteiger partial charge in [-0.1, -0.05) is 13.8 Å². The van der Waals surface area contributed by atoms with Crippen LogP contribution >= 0.6 is 0 Å². The molecule has 1 unspecified atom stereocenters. The van der Waals surface area contributed by atoms with Crippen molar-refractivity contribution in [1.82, 2.24) is 10.6 Å². The second-order valence-electron chi connectivity index (χ2n) is 4.22. The quantitative estimate of drug-likeness (QED) is 0.650. The molecular formula is C9H16N2O2. The predicted molar refractivity (Wildman–Crippen MR) is 49.0 cm³/mol. The lowest BCUT2D eigenvalue weighted by Gasteiger charge is -2.06. The lowest BCUT2D eigenvalue weighted by Crippen LogP contribution is -2.38. The number of nitrogens with one attached hydrogen (secondary N) is 2. The number of hydrogen-bond acceptors (Lipinski definition) is 2. The van der Waals surface area contributed by atoms with Gasteiger partial charge < -0.3 is 10.6 Å². The third-order valence-electron chi connectivity index (χ3n) is 2.35. The molecule has 0 aromatic heterocycles. The lowest BCUT2D eigenvalue weighted by molar-refractivity contribution is -0.125. The number of rotatable bonds is 3. The highest BCUT2D eigenvalue weighted by Crippen LogP contribution is 2.44. The summed E-state index contributed by atoms with van der Waals surface area (Å²) in [5, 5.41) is 5.30. The van der Waals surface area contributed by atoms with Gasteiger partial charge in [0.1, 0.15) is 0 Å². The Hall–Kier alpha value is -1.06. The van der Waals surface area contributed by atoms with Crippen LogP contribution < -0.4 is 10.6 Å². The minimum absolute atomic E-state index is 0.0852. The molecule has 1 aliphatic carbocycles. The second kappa shape index (κ2) is 3.36. The largest absolute Gasteiger partial charge is 0.351 e. The van der Waals surface area contributed by atoms with Crippen LogP contribution in [0.5, 0.6) is 0 Å². The van der Waals surface area contributed by atoms with Gasteiger partial charge in [0, 0.05) is 13.0 Å². The standard InChI is InChI=1S/C9H16N2O2/c1-6(12)10-5-8(13)11-7-4-9(7,2)3/h7H,4-5H2,1-3H3,(H,10,12)(H,11,13). The van der Waals surface area contributed by atoms with Crippen LogP contribution in [-0.4, -0.2) is 24.4 Å². The third-order valence-corrected chi connectivity index (χ3v) is 2.35. The van der Waals surface area contributed by atoms with Crippen LogP contribution in [0.25, 0.3) is 0 Å². The highest BCUT2D eigenvalue weighted by Gasteiger charge is 2.46. The van der Waals surface area contributed by atoms with E-state index in [1.54, 1.807) is 0 Å². The van der Waals surface area contributed by atoms with E-state index in [4.69, 9.17) is 0 Å². The molecule has 0 radical (unpaired) electrons. The highest BCUT2D eigenvalue weighted by atomic mass is 16.2. The minimum atomic E-state index is -0.176. The molecule has 2 N–H and O–H groups in total. The van der Waals surface area contributed by atoms with Crippen molar-refractivity contribution in [2.24, 2.45) is 5.41 Å². The molecule has 4 heteroatoms. The summed E-state index contributed by atoms with van der Waals surface area (Å²) >= 11 is 0. The first-order chi connectivity index (χ1) is 5.92. The molecular weight excluding hydrogens is 168 g/mol. The first kappa shape index (κ1) is 10.0. The van der Waals surface area contributed by atoms with Crippen LogP contribution in [0, 0.1) is 5.41 Å². The van der Waals surface area contributed by atoms with Gasteiger partial charge in [0.25, 0.3) is 0 Å². The van der Waals surface area contributed by atoms with Crippen molar-refractivity contribution in [3.63, 3.8) is 0 Å². The first-order valence-corrected chi connectivity index (χ1v) is 4.45. The smallest absolute Gasteiger partial charge is 0.239 e. The zero-order chi connectivity index (χ0) is 10.1. The molecule has 1 atom stereocenters. The van der Waals surface area contributed by atoms with Crippen molar-refractivity contribution in [2.75, 3.05) is 6.54 Å². The maximum atomic E-state index is 11.2. The number of amides is 2. The molecule has 0 spiro atoms. The van der Waals surface area contributed by atoms with Gasteiger partial charge in [-0.15, -0.1) is 0 Å². The Balaban J connectivity index is 2.16. The van der Waals surface area contributed by atoms with Gasteiger partial charge in [0.15, 0.2) is 0 Å². The summed E-state index contributed by atoms with van der Waals surface area (Å²) in [6.45, 7) is 5.70. The van der Waals surface area contributed by atoms with E-state index in [1.165, 1.54) is 6.92 Å². The zero-order valence-electron chi connectivity index (χ0n) is 8.31. The Bertz CT molecular complexity index is 236. The van der Waals surface area contributed by atoms with Gasteiger partial charge in [0.2, 0.25) is 11.8 Å². The van der Waals surface area contributed by atoms with Crippen molar-refractivity contribution in [3.05, 3.63) is 0 Å². The van der Waals surface area contributed by atoms with Crippen LogP contribution in [-0.2, 0) is 9.59 Å². The topological polar surface area (TPSA) is 58.2 Å². The molecule has 2 amide bonds. The molecule has 0 bridgehead atoms. The van der Waals surface area contributed by atoms with Gasteiger partial charge in [-0.25, -0.2) is 0 Å². The van der Waals surface area contributed by atoms with Crippen molar-refractivity contribution < 1.29 is 9.59 Å². The van der Waals surface area contributed by atoms with E-state index in [0.29, 0.717) is 0 Å². The Morgan fingerprint density at radius 1 is 1.46 bits per heavy atom. The van der Waals surface area contributed by atoms with Crippen molar-refractivity contribution >= 4 is 11.8 Å². The lowest BCUT2D eigenvalue weighted by atomic mass is 10.2. The predicted octanol–water partition coefficient (Wildman–Crippen LogP) is 0.0372. The fourth-order valence-electron chi connectivity index (χ4n) is 1.16. The highest BCUT2D eigenvalue weighted by molar-refractivity contribution is 5.84. The molecule has 0 saturated heterocycles. The van der Waals surface area contributed by atoms with E-state index < -0.39 is 0 Å². The average Bonchev–Trinajstić information content (AvgIpc) is 2.54. The van der Waals surface area contributed by atoms with Crippen molar-refractivity contribution in [2.45, 2.75) is 33.2 Å². The van der Waals surface area contributed by atoms with Crippen molar-refractivity contribution in [3.8, 4) is 0 Å². The summed E-state index contributed by atoms with van der Waals surface area (Å²) in [5.74, 6) is -0.281. The molecule has 0 heterocycles. The number of hydrogen-bond donors (Lipinski definition) is 2. The maximum absolute atomic E-state index is 11.2. The molecule has 4 nitrogen and oxygen atoms in total. The Morgan fingerprint density at radius 3 is 2.38 bits per heavy atom. The van der Waals surface area contributed by atoms with Crippen LogP contribution in [0.4, 0.5) is 0 Å². The van der Waals surface area contributed by atoms with Gasteiger partial charge in [-0.2, -0.15) is 0 Å². The maximum Gasteiger partial charge on any atom is 0.239 e. The molecule has 0 aromatic carbocycles. The summed E-state index contributed by atoms with van der Waals surface area (Å²) in [6.07, 6.45) is 1.03. The molecule has 0 aliphatic heterocycles. The molecule has 13 heavy (non-hydrogen) atoms. The van der Waals surface area contributed by atoms with Crippen LogP contribution in [0.2, 0.25) is 0 Å². The third kappa shape index (κ3) is 3.05. The fraction of sp³-hybridized carbons (Fsp3) is 0.778. The van der Waals surface area contributed by atoms with Gasteiger partial charge in [0.05, 0.1) is 6.54 Å². The monoisotopic (exact) mass is 184 g/mol. The summed E-state index contributed by atoms with van der Waals surface area (Å²) < 4.78 is 0. The van der Waals surface area contributed by atoms with Gasteiger partial charge in [-0.05, 0) is 11.8 Å². The first-order valence-electron chi connectivity index (χ1n) is 4.45. The van der Waals surface area contributed by atoms with Gasteiger partial charge in [-0.3, -0.25) is 9.59 Å². The fourth-order valence-corrected chi connectivity index (χ4v) is 1.16. The molecule has 1 rings (SSSR count). The summed E-state index contributed by atoms with van der Waals surface area (Å²) in [4.78, 5) is 21.6. The number of carbonyl (C=O) groups is 2. The Kier molecular flexibility index (Phi) is 2.59. The molecule has 0 aromatic rings. The van der Waals surface area contributed by atoms with E-state index in [-0.39, 0.29) is 29.8 Å². The summed E-state index contributed by atoms with van der Waals surface area (Å²) in [5.41, 5.74) is 0.242. The average molecular weight is 184 g/mol. The van der Waals surface area contributed by atoms with Crippen LogP contribution in [0.15, 0.2) is 0 Å². The van der Waals surface area contributed by atoms with Crippen LogP contribution in [0.1, 0.15) is 27.2 Å². The zero-order valence-corrected chi connectivity index (χ0v) is 8.31. The molecule has 1 saturated carbocycles. The molecule has 1 aliphatic rings. The van der Waals surface area contributed by atoms with E-state index in [9.17, 15) is 9.59 Å². The Morgan fingerprint density at radius 2 is 2.00 bits per heavy atom. The summed E-state index contributed by atoms with van der Waals surface area (Å²) in [7, 11) is 0. The molecule has 74 valence electrons. The normalized spacial score (nSPS) is 23.5. The summed E-state index contributed by atoms with van der Waals surface area (Å²) in [6, 6.07) is 0.286. The second-order valence-corrected chi connectivity index (χ2v) is 4.22. The van der Waals surface area contributed by atoms with Crippen molar-refractivity contribution in [1.29, 1.82) is 0 Å². The molecule has 1 fully saturated rings. The van der Waals surface area contributed by atoms with Gasteiger partial charge >= 0.3 is 0 Å². The number of carbonyl (C=O) groups excluding carboxylic acids is 2. The van der Waals surface area contributed by atoms with E-state index in [0.717, 1.165) is 6.42 Å². The van der Waals surface area contributed by atoms with E-state index in [1.807, 2.05) is 0 Å².